The van der Waals surface area contributed by atoms with Crippen LogP contribution in [0.3, 0.4) is 0 Å². The quantitative estimate of drug-likeness (QED) is 0.779. The summed E-state index contributed by atoms with van der Waals surface area (Å²) in [6, 6.07) is 6.09. The van der Waals surface area contributed by atoms with E-state index in [9.17, 15) is 9.18 Å². The van der Waals surface area contributed by atoms with Gasteiger partial charge in [0.2, 0.25) is 0 Å². The normalized spacial score (nSPS) is 11.1. The average Bonchev–Trinajstić information content (AvgIpc) is 2.85. The molecule has 0 unspecified atom stereocenters. The lowest BCUT2D eigenvalue weighted by molar-refractivity contribution is 0.623. The number of nitrogens with one attached hydrogen (secondary N) is 1. The number of aryl methyl sites for hydroxylation is 1. The van der Waals surface area contributed by atoms with Crippen LogP contribution in [0.4, 0.5) is 4.39 Å². The molecule has 0 saturated carbocycles. The SMILES string of the molecule is CCc1nc2c(nnn2Cc2ccc(F)cc2)c(=O)[nH]1. The van der Waals surface area contributed by atoms with Gasteiger partial charge in [0.25, 0.3) is 5.56 Å². The molecule has 0 fully saturated rings. The van der Waals surface area contributed by atoms with E-state index in [0.717, 1.165) is 5.56 Å². The topological polar surface area (TPSA) is 76.5 Å². The Morgan fingerprint density at radius 2 is 2.05 bits per heavy atom. The van der Waals surface area contributed by atoms with Crippen LogP contribution in [0.5, 0.6) is 0 Å². The number of rotatable bonds is 3. The third-order valence-electron chi connectivity index (χ3n) is 3.00. The van der Waals surface area contributed by atoms with Crippen molar-refractivity contribution in [2.45, 2.75) is 19.9 Å². The minimum atomic E-state index is -0.294. The molecule has 3 aromatic rings. The zero-order valence-electron chi connectivity index (χ0n) is 10.8. The van der Waals surface area contributed by atoms with Gasteiger partial charge in [-0.3, -0.25) is 4.79 Å². The van der Waals surface area contributed by atoms with Gasteiger partial charge < -0.3 is 4.98 Å². The second kappa shape index (κ2) is 4.84. The van der Waals surface area contributed by atoms with Crippen LogP contribution in [0.2, 0.25) is 0 Å². The fourth-order valence-electron chi connectivity index (χ4n) is 1.95. The molecule has 6 nitrogen and oxygen atoms in total. The molecule has 0 aliphatic rings. The number of fused-ring (bicyclic) bond motifs is 1. The smallest absolute Gasteiger partial charge is 0.281 e. The van der Waals surface area contributed by atoms with Gasteiger partial charge in [-0.05, 0) is 17.7 Å². The van der Waals surface area contributed by atoms with E-state index in [1.807, 2.05) is 6.92 Å². The van der Waals surface area contributed by atoms with Gasteiger partial charge in [0, 0.05) is 6.42 Å². The molecule has 0 spiro atoms. The maximum absolute atomic E-state index is 12.9. The van der Waals surface area contributed by atoms with Crippen LogP contribution in [0, 0.1) is 5.82 Å². The second-order valence-corrected chi connectivity index (χ2v) is 4.41. The van der Waals surface area contributed by atoms with Crippen molar-refractivity contribution in [2.24, 2.45) is 0 Å². The summed E-state index contributed by atoms with van der Waals surface area (Å²) in [7, 11) is 0. The minimum absolute atomic E-state index is 0.212. The van der Waals surface area contributed by atoms with Gasteiger partial charge in [0.15, 0.2) is 11.2 Å². The molecule has 0 saturated heterocycles. The fourth-order valence-corrected chi connectivity index (χ4v) is 1.95. The molecular formula is C13H12FN5O. The summed E-state index contributed by atoms with van der Waals surface area (Å²) in [5.74, 6) is 0.296. The Hall–Kier alpha value is -2.57. The third kappa shape index (κ3) is 2.18. The Morgan fingerprint density at radius 1 is 1.30 bits per heavy atom. The Labute approximate surface area is 113 Å². The van der Waals surface area contributed by atoms with Crippen molar-refractivity contribution in [3.05, 3.63) is 51.8 Å². The standard InChI is InChI=1S/C13H12FN5O/c1-2-10-15-12-11(13(20)16-10)17-18-19(12)7-8-3-5-9(14)6-4-8/h3-6H,2,7H2,1H3,(H,15,16,20). The largest absolute Gasteiger partial charge is 0.308 e. The first-order valence-corrected chi connectivity index (χ1v) is 6.24. The summed E-state index contributed by atoms with van der Waals surface area (Å²) in [5.41, 5.74) is 1.22. The Morgan fingerprint density at radius 3 is 2.75 bits per heavy atom. The third-order valence-corrected chi connectivity index (χ3v) is 3.00. The number of hydrogen-bond acceptors (Lipinski definition) is 4. The van der Waals surface area contributed by atoms with Gasteiger partial charge in [-0.15, -0.1) is 5.10 Å². The van der Waals surface area contributed by atoms with Crippen molar-refractivity contribution in [2.75, 3.05) is 0 Å². The van der Waals surface area contributed by atoms with Crippen molar-refractivity contribution >= 4 is 11.2 Å². The van der Waals surface area contributed by atoms with Gasteiger partial charge in [0.05, 0.1) is 6.54 Å². The van der Waals surface area contributed by atoms with Gasteiger partial charge >= 0.3 is 0 Å². The predicted octanol–water partition coefficient (Wildman–Crippen LogP) is 1.26. The molecule has 0 amide bonds. The van der Waals surface area contributed by atoms with E-state index in [1.165, 1.54) is 16.8 Å². The van der Waals surface area contributed by atoms with E-state index in [1.54, 1.807) is 12.1 Å². The average molecular weight is 273 g/mol. The zero-order valence-corrected chi connectivity index (χ0v) is 10.8. The molecule has 0 aliphatic carbocycles. The highest BCUT2D eigenvalue weighted by Crippen LogP contribution is 2.09. The van der Waals surface area contributed by atoms with Crippen LogP contribution < -0.4 is 5.56 Å². The van der Waals surface area contributed by atoms with Crippen molar-refractivity contribution < 1.29 is 4.39 Å². The zero-order chi connectivity index (χ0) is 14.1. The summed E-state index contributed by atoms with van der Waals surface area (Å²) in [5, 5.41) is 7.78. The number of hydrogen-bond donors (Lipinski definition) is 1. The lowest BCUT2D eigenvalue weighted by Crippen LogP contribution is -2.12. The molecule has 0 bridgehead atoms. The van der Waals surface area contributed by atoms with Gasteiger partial charge in [-0.2, -0.15) is 0 Å². The van der Waals surface area contributed by atoms with Crippen molar-refractivity contribution in [3.8, 4) is 0 Å². The first-order valence-electron chi connectivity index (χ1n) is 6.24. The first-order chi connectivity index (χ1) is 9.67. The molecule has 0 aliphatic heterocycles. The molecule has 102 valence electrons. The van der Waals surface area contributed by atoms with Gasteiger partial charge in [-0.25, -0.2) is 14.1 Å². The van der Waals surface area contributed by atoms with Crippen molar-refractivity contribution in [3.63, 3.8) is 0 Å². The number of nitrogens with zero attached hydrogens (tertiary/aromatic N) is 4. The lowest BCUT2D eigenvalue weighted by atomic mass is 10.2. The van der Waals surface area contributed by atoms with Crippen LogP contribution in [0.25, 0.3) is 11.2 Å². The Balaban J connectivity index is 2.05. The van der Waals surface area contributed by atoms with Crippen LogP contribution >= 0.6 is 0 Å². The van der Waals surface area contributed by atoms with Crippen LogP contribution in [-0.4, -0.2) is 25.0 Å². The molecule has 1 aromatic carbocycles. The monoisotopic (exact) mass is 273 g/mol. The van der Waals surface area contributed by atoms with E-state index in [4.69, 9.17) is 0 Å². The van der Waals surface area contributed by atoms with Crippen molar-refractivity contribution in [1.82, 2.24) is 25.0 Å². The highest BCUT2D eigenvalue weighted by molar-refractivity contribution is 5.68. The van der Waals surface area contributed by atoms with Crippen LogP contribution in [0.15, 0.2) is 29.1 Å². The Bertz CT molecular complexity index is 806. The molecule has 20 heavy (non-hydrogen) atoms. The Kier molecular flexibility index (Phi) is 3.02. The number of benzene rings is 1. The highest BCUT2D eigenvalue weighted by Gasteiger charge is 2.11. The maximum atomic E-state index is 12.9. The summed E-state index contributed by atoms with van der Waals surface area (Å²) < 4.78 is 14.4. The minimum Gasteiger partial charge on any atom is -0.308 e. The molecular weight excluding hydrogens is 261 g/mol. The molecule has 2 heterocycles. The van der Waals surface area contributed by atoms with Crippen molar-refractivity contribution in [1.29, 1.82) is 0 Å². The molecule has 3 rings (SSSR count). The number of H-pyrrole nitrogens is 1. The molecule has 1 N–H and O–H groups in total. The van der Waals surface area contributed by atoms with Crippen LogP contribution in [0.1, 0.15) is 18.3 Å². The molecule has 0 atom stereocenters. The van der Waals surface area contributed by atoms with E-state index >= 15 is 0 Å². The second-order valence-electron chi connectivity index (χ2n) is 4.41. The first kappa shape index (κ1) is 12.5. The van der Waals surface area contributed by atoms with Crippen LogP contribution in [-0.2, 0) is 13.0 Å². The number of aromatic nitrogens is 5. The van der Waals surface area contributed by atoms with E-state index < -0.39 is 0 Å². The fraction of sp³-hybridized carbons (Fsp3) is 0.231. The summed E-state index contributed by atoms with van der Waals surface area (Å²) in [6.07, 6.45) is 0.618. The van der Waals surface area contributed by atoms with E-state index in [2.05, 4.69) is 20.3 Å². The maximum Gasteiger partial charge on any atom is 0.281 e. The molecule has 7 heteroatoms. The number of aromatic amines is 1. The van der Waals surface area contributed by atoms with E-state index in [-0.39, 0.29) is 16.9 Å². The van der Waals surface area contributed by atoms with Gasteiger partial charge in [0.1, 0.15) is 11.6 Å². The summed E-state index contributed by atoms with van der Waals surface area (Å²) >= 11 is 0. The summed E-state index contributed by atoms with van der Waals surface area (Å²) in [6.45, 7) is 2.29. The lowest BCUT2D eigenvalue weighted by Gasteiger charge is -2.02. The highest BCUT2D eigenvalue weighted by atomic mass is 19.1. The number of halogens is 1. The van der Waals surface area contributed by atoms with Gasteiger partial charge in [-0.1, -0.05) is 24.3 Å². The summed E-state index contributed by atoms with van der Waals surface area (Å²) in [4.78, 5) is 18.8. The molecule has 0 radical (unpaired) electrons. The molecule has 2 aromatic heterocycles. The predicted molar refractivity (Wildman–Crippen MR) is 70.8 cm³/mol. The van der Waals surface area contributed by atoms with E-state index in [0.29, 0.717) is 24.4 Å².